The van der Waals surface area contributed by atoms with Gasteiger partial charge >= 0.3 is 11.9 Å². The first-order valence-corrected chi connectivity index (χ1v) is 8.64. The van der Waals surface area contributed by atoms with Crippen molar-refractivity contribution in [3.63, 3.8) is 0 Å². The first kappa shape index (κ1) is 19.0. The van der Waals surface area contributed by atoms with Gasteiger partial charge in [-0.25, -0.2) is 4.79 Å². The first-order valence-electron chi connectivity index (χ1n) is 7.84. The van der Waals surface area contributed by atoms with Crippen LogP contribution in [0.1, 0.15) is 24.2 Å². The Morgan fingerprint density at radius 2 is 1.64 bits per heavy atom. The molecule has 0 aliphatic heterocycles. The minimum absolute atomic E-state index is 0.207. The smallest absolute Gasteiger partial charge is 0.338 e. The van der Waals surface area contributed by atoms with Crippen molar-refractivity contribution in [1.29, 1.82) is 0 Å². The molecule has 0 fully saturated rings. The Labute approximate surface area is 155 Å². The third-order valence-electron chi connectivity index (χ3n) is 3.31. The second-order valence-electron chi connectivity index (χ2n) is 5.13. The highest BCUT2D eigenvalue weighted by Gasteiger charge is 2.08. The Morgan fingerprint density at radius 1 is 0.960 bits per heavy atom. The van der Waals surface area contributed by atoms with E-state index < -0.39 is 0 Å². The fraction of sp³-hybridized carbons (Fsp3) is 0.263. The second kappa shape index (κ2) is 9.22. The first-order chi connectivity index (χ1) is 12.0. The Kier molecular flexibility index (Phi) is 7.01. The number of hydrogen-bond donors (Lipinski definition) is 0. The van der Waals surface area contributed by atoms with Crippen LogP contribution in [0.25, 0.3) is 11.1 Å². The van der Waals surface area contributed by atoms with Crippen LogP contribution in [-0.2, 0) is 14.3 Å². The van der Waals surface area contributed by atoms with Crippen molar-refractivity contribution < 1.29 is 23.8 Å². The summed E-state index contributed by atoms with van der Waals surface area (Å²) in [7, 11) is 0. The summed E-state index contributed by atoms with van der Waals surface area (Å²) in [5, 5.41) is 0. The lowest BCUT2D eigenvalue weighted by Gasteiger charge is -2.10. The summed E-state index contributed by atoms with van der Waals surface area (Å²) < 4.78 is 16.2. The number of halogens is 1. The molecule has 2 rings (SSSR count). The highest BCUT2D eigenvalue weighted by molar-refractivity contribution is 9.10. The number of rotatable bonds is 7. The summed E-state index contributed by atoms with van der Waals surface area (Å²) in [5.74, 6) is 0.00934. The topological polar surface area (TPSA) is 61.8 Å². The SMILES string of the molecule is CCOC(=O)c1ccc(-c2ccc(OCCOC(C)=O)c(Br)c2)cc1. The number of carbonyl (C=O) groups is 2. The van der Waals surface area contributed by atoms with E-state index in [1.807, 2.05) is 30.3 Å². The van der Waals surface area contributed by atoms with Crippen LogP contribution in [0.2, 0.25) is 0 Å². The van der Waals surface area contributed by atoms with Crippen molar-refractivity contribution in [3.8, 4) is 16.9 Å². The molecular formula is C19H19BrO5. The van der Waals surface area contributed by atoms with Crippen LogP contribution in [0.3, 0.4) is 0 Å². The van der Waals surface area contributed by atoms with Crippen LogP contribution in [0.5, 0.6) is 5.75 Å². The molecule has 0 amide bonds. The molecule has 0 radical (unpaired) electrons. The van der Waals surface area contributed by atoms with Crippen molar-refractivity contribution in [1.82, 2.24) is 0 Å². The van der Waals surface area contributed by atoms with E-state index in [2.05, 4.69) is 15.9 Å². The lowest BCUT2D eigenvalue weighted by atomic mass is 10.0. The number of hydrogen-bond acceptors (Lipinski definition) is 5. The highest BCUT2D eigenvalue weighted by Crippen LogP contribution is 2.31. The summed E-state index contributed by atoms with van der Waals surface area (Å²) in [4.78, 5) is 22.4. The monoisotopic (exact) mass is 406 g/mol. The van der Waals surface area contributed by atoms with Crippen molar-refractivity contribution in [2.24, 2.45) is 0 Å². The van der Waals surface area contributed by atoms with Crippen molar-refractivity contribution in [3.05, 3.63) is 52.5 Å². The number of carbonyl (C=O) groups excluding carboxylic acids is 2. The van der Waals surface area contributed by atoms with Gasteiger partial charge in [-0.15, -0.1) is 0 Å². The molecule has 0 heterocycles. The van der Waals surface area contributed by atoms with Gasteiger partial charge in [0.25, 0.3) is 0 Å². The van der Waals surface area contributed by atoms with Gasteiger partial charge in [0.05, 0.1) is 16.6 Å². The minimum atomic E-state index is -0.329. The highest BCUT2D eigenvalue weighted by atomic mass is 79.9. The van der Waals surface area contributed by atoms with Crippen molar-refractivity contribution in [2.45, 2.75) is 13.8 Å². The zero-order valence-corrected chi connectivity index (χ0v) is 15.7. The Hall–Kier alpha value is -2.34. The van der Waals surface area contributed by atoms with Gasteiger partial charge in [-0.1, -0.05) is 18.2 Å². The molecule has 6 heteroatoms. The van der Waals surface area contributed by atoms with E-state index in [1.54, 1.807) is 19.1 Å². The fourth-order valence-electron chi connectivity index (χ4n) is 2.15. The normalized spacial score (nSPS) is 10.2. The van der Waals surface area contributed by atoms with E-state index in [9.17, 15) is 9.59 Å². The van der Waals surface area contributed by atoms with Gasteiger partial charge in [0.2, 0.25) is 0 Å². The van der Waals surface area contributed by atoms with Crippen molar-refractivity contribution in [2.75, 3.05) is 19.8 Å². The molecule has 0 atom stereocenters. The number of ether oxygens (including phenoxy) is 3. The zero-order valence-electron chi connectivity index (χ0n) is 14.1. The largest absolute Gasteiger partial charge is 0.489 e. The van der Waals surface area contributed by atoms with Gasteiger partial charge in [0, 0.05) is 6.92 Å². The molecule has 0 saturated carbocycles. The lowest BCUT2D eigenvalue weighted by molar-refractivity contribution is -0.141. The molecule has 2 aromatic carbocycles. The molecule has 5 nitrogen and oxygen atoms in total. The predicted octanol–water partition coefficient (Wildman–Crippen LogP) is 4.23. The average Bonchev–Trinajstić information content (AvgIpc) is 2.60. The molecule has 0 spiro atoms. The van der Waals surface area contributed by atoms with E-state index in [-0.39, 0.29) is 25.2 Å². The lowest BCUT2D eigenvalue weighted by Crippen LogP contribution is -2.09. The maximum atomic E-state index is 11.7. The quantitative estimate of drug-likeness (QED) is 0.508. The van der Waals surface area contributed by atoms with E-state index in [0.29, 0.717) is 17.9 Å². The molecule has 0 N–H and O–H groups in total. The van der Waals surface area contributed by atoms with E-state index in [1.165, 1.54) is 6.92 Å². The molecule has 132 valence electrons. The molecule has 0 unspecified atom stereocenters. The third-order valence-corrected chi connectivity index (χ3v) is 3.93. The molecule has 0 saturated heterocycles. The predicted molar refractivity (Wildman–Crippen MR) is 97.7 cm³/mol. The fourth-order valence-corrected chi connectivity index (χ4v) is 2.64. The molecule has 2 aromatic rings. The zero-order chi connectivity index (χ0) is 18.2. The summed E-state index contributed by atoms with van der Waals surface area (Å²) in [6.07, 6.45) is 0. The summed E-state index contributed by atoms with van der Waals surface area (Å²) >= 11 is 3.48. The standard InChI is InChI=1S/C19H19BrO5/c1-3-23-19(22)15-6-4-14(5-7-15)16-8-9-18(17(20)12-16)25-11-10-24-13(2)21/h4-9,12H,3,10-11H2,1-2H3. The average molecular weight is 407 g/mol. The van der Waals surface area contributed by atoms with Crippen LogP contribution in [-0.4, -0.2) is 31.8 Å². The van der Waals surface area contributed by atoms with Crippen LogP contribution in [0.15, 0.2) is 46.9 Å². The van der Waals surface area contributed by atoms with Crippen LogP contribution in [0, 0.1) is 0 Å². The Morgan fingerprint density at radius 3 is 2.24 bits per heavy atom. The van der Waals surface area contributed by atoms with Crippen LogP contribution in [0.4, 0.5) is 0 Å². The van der Waals surface area contributed by atoms with Gasteiger partial charge < -0.3 is 14.2 Å². The molecule has 0 aliphatic carbocycles. The van der Waals surface area contributed by atoms with Crippen molar-refractivity contribution >= 4 is 27.9 Å². The van der Waals surface area contributed by atoms with E-state index >= 15 is 0 Å². The van der Waals surface area contributed by atoms with Gasteiger partial charge in [0.1, 0.15) is 19.0 Å². The maximum absolute atomic E-state index is 11.7. The number of benzene rings is 2. The molecule has 0 bridgehead atoms. The van der Waals surface area contributed by atoms with Gasteiger partial charge in [-0.3, -0.25) is 4.79 Å². The van der Waals surface area contributed by atoms with Gasteiger partial charge in [-0.2, -0.15) is 0 Å². The Balaban J connectivity index is 2.04. The third kappa shape index (κ3) is 5.60. The molecule has 0 aromatic heterocycles. The van der Waals surface area contributed by atoms with Gasteiger partial charge in [-0.05, 0) is 58.2 Å². The van der Waals surface area contributed by atoms with Crippen LogP contribution >= 0.6 is 15.9 Å². The maximum Gasteiger partial charge on any atom is 0.338 e. The summed E-state index contributed by atoms with van der Waals surface area (Å²) in [6.45, 7) is 3.98. The van der Waals surface area contributed by atoms with Crippen LogP contribution < -0.4 is 4.74 Å². The molecular weight excluding hydrogens is 388 g/mol. The second-order valence-corrected chi connectivity index (χ2v) is 5.99. The molecule has 25 heavy (non-hydrogen) atoms. The van der Waals surface area contributed by atoms with E-state index in [0.717, 1.165) is 15.6 Å². The Bertz CT molecular complexity index is 740. The summed E-state index contributed by atoms with van der Waals surface area (Å²) in [6, 6.07) is 12.9. The molecule has 0 aliphatic rings. The minimum Gasteiger partial charge on any atom is -0.489 e. The summed E-state index contributed by atoms with van der Waals surface area (Å²) in [5.41, 5.74) is 2.48. The number of esters is 2. The van der Waals surface area contributed by atoms with E-state index in [4.69, 9.17) is 14.2 Å². The van der Waals surface area contributed by atoms with Gasteiger partial charge in [0.15, 0.2) is 0 Å².